The summed E-state index contributed by atoms with van der Waals surface area (Å²) in [5.74, 6) is -0.933. The molecule has 2 fully saturated rings. The Morgan fingerprint density at radius 1 is 1.39 bits per heavy atom. The van der Waals surface area contributed by atoms with Gasteiger partial charge < -0.3 is 10.4 Å². The average Bonchev–Trinajstić information content (AvgIpc) is 2.67. The summed E-state index contributed by atoms with van der Waals surface area (Å²) >= 11 is 0. The molecule has 2 rings (SSSR count). The second-order valence-electron chi connectivity index (χ2n) is 6.00. The Balaban J connectivity index is 1.94. The molecule has 0 amide bonds. The molecule has 4 nitrogen and oxygen atoms in total. The lowest BCUT2D eigenvalue weighted by Crippen LogP contribution is -2.50. The van der Waals surface area contributed by atoms with E-state index in [1.165, 1.54) is 25.7 Å². The number of carboxylic acids is 1. The van der Waals surface area contributed by atoms with Crippen LogP contribution >= 0.6 is 0 Å². The quantitative estimate of drug-likeness (QED) is 0.757. The van der Waals surface area contributed by atoms with Crippen LogP contribution in [0.3, 0.4) is 0 Å². The molecule has 0 saturated carbocycles. The number of piperidine rings is 1. The van der Waals surface area contributed by atoms with E-state index in [-0.39, 0.29) is 5.92 Å². The smallest absolute Gasteiger partial charge is 0.307 e. The molecule has 0 spiro atoms. The summed E-state index contributed by atoms with van der Waals surface area (Å²) in [6.07, 6.45) is 6.10. The van der Waals surface area contributed by atoms with Gasteiger partial charge in [0.2, 0.25) is 0 Å². The van der Waals surface area contributed by atoms with Crippen LogP contribution in [0.5, 0.6) is 0 Å². The van der Waals surface area contributed by atoms with Crippen LogP contribution in [0.15, 0.2) is 0 Å². The topological polar surface area (TPSA) is 52.6 Å². The van der Waals surface area contributed by atoms with Crippen LogP contribution < -0.4 is 5.32 Å². The van der Waals surface area contributed by atoms with Crippen molar-refractivity contribution in [2.24, 2.45) is 5.92 Å². The van der Waals surface area contributed by atoms with Gasteiger partial charge in [0.25, 0.3) is 0 Å². The van der Waals surface area contributed by atoms with Gasteiger partial charge in [-0.2, -0.15) is 0 Å². The number of hydrogen-bond donors (Lipinski definition) is 2. The molecule has 0 aromatic carbocycles. The van der Waals surface area contributed by atoms with Gasteiger partial charge in [-0.25, -0.2) is 0 Å². The Morgan fingerprint density at radius 2 is 2.00 bits per heavy atom. The third kappa shape index (κ3) is 3.23. The molecule has 0 aliphatic carbocycles. The largest absolute Gasteiger partial charge is 0.481 e. The minimum atomic E-state index is -0.673. The van der Waals surface area contributed by atoms with E-state index in [2.05, 4.69) is 17.1 Å². The van der Waals surface area contributed by atoms with Crippen molar-refractivity contribution in [2.75, 3.05) is 13.1 Å². The molecule has 2 aliphatic rings. The predicted octanol–water partition coefficient (Wildman–Crippen LogP) is 1.70. The second-order valence-corrected chi connectivity index (χ2v) is 6.00. The van der Waals surface area contributed by atoms with Gasteiger partial charge in [0.1, 0.15) is 0 Å². The molecule has 2 heterocycles. The first-order valence-electron chi connectivity index (χ1n) is 7.33. The van der Waals surface area contributed by atoms with Crippen molar-refractivity contribution in [3.63, 3.8) is 0 Å². The van der Waals surface area contributed by atoms with Gasteiger partial charge >= 0.3 is 5.97 Å². The first-order valence-corrected chi connectivity index (χ1v) is 7.33. The highest BCUT2D eigenvalue weighted by Gasteiger charge is 2.36. The summed E-state index contributed by atoms with van der Waals surface area (Å²) in [5, 5.41) is 12.7. The highest BCUT2D eigenvalue weighted by molar-refractivity contribution is 5.69. The fourth-order valence-electron chi connectivity index (χ4n) is 3.47. The van der Waals surface area contributed by atoms with Crippen LogP contribution in [-0.4, -0.2) is 47.2 Å². The van der Waals surface area contributed by atoms with E-state index in [0.29, 0.717) is 24.7 Å². The minimum absolute atomic E-state index is 0.260. The average molecular weight is 254 g/mol. The molecule has 2 bridgehead atoms. The highest BCUT2D eigenvalue weighted by Crippen LogP contribution is 2.30. The van der Waals surface area contributed by atoms with E-state index in [0.717, 1.165) is 13.0 Å². The predicted molar refractivity (Wildman–Crippen MR) is 71.6 cm³/mol. The molecule has 2 saturated heterocycles. The van der Waals surface area contributed by atoms with Gasteiger partial charge in [-0.3, -0.25) is 9.69 Å². The molecule has 0 aromatic rings. The minimum Gasteiger partial charge on any atom is -0.481 e. The van der Waals surface area contributed by atoms with Crippen LogP contribution in [0, 0.1) is 5.92 Å². The van der Waals surface area contributed by atoms with Gasteiger partial charge in [0.15, 0.2) is 0 Å². The number of carbonyl (C=O) groups is 1. The molecule has 2 N–H and O–H groups in total. The number of nitrogens with one attached hydrogen (secondary N) is 1. The van der Waals surface area contributed by atoms with Crippen molar-refractivity contribution in [1.29, 1.82) is 0 Å². The first kappa shape index (κ1) is 13.8. The van der Waals surface area contributed by atoms with Crippen LogP contribution in [0.2, 0.25) is 0 Å². The Labute approximate surface area is 110 Å². The number of hydrogen-bond acceptors (Lipinski definition) is 3. The van der Waals surface area contributed by atoms with E-state index in [1.807, 2.05) is 6.92 Å². The van der Waals surface area contributed by atoms with Gasteiger partial charge in [-0.05, 0) is 38.6 Å². The Bertz CT molecular complexity index is 284. The lowest BCUT2D eigenvalue weighted by Gasteiger charge is -2.38. The number of aliphatic carboxylic acids is 1. The van der Waals surface area contributed by atoms with E-state index >= 15 is 0 Å². The summed E-state index contributed by atoms with van der Waals surface area (Å²) in [5.41, 5.74) is 0. The molecule has 0 aromatic heterocycles. The molecular weight excluding hydrogens is 228 g/mol. The zero-order valence-electron chi connectivity index (χ0n) is 11.6. The van der Waals surface area contributed by atoms with Gasteiger partial charge in [-0.1, -0.05) is 13.8 Å². The van der Waals surface area contributed by atoms with E-state index in [9.17, 15) is 4.79 Å². The van der Waals surface area contributed by atoms with Crippen molar-refractivity contribution in [3.05, 3.63) is 0 Å². The van der Waals surface area contributed by atoms with Crippen molar-refractivity contribution >= 4 is 5.97 Å². The van der Waals surface area contributed by atoms with Gasteiger partial charge in [-0.15, -0.1) is 0 Å². The third-order valence-corrected chi connectivity index (χ3v) is 4.41. The highest BCUT2D eigenvalue weighted by atomic mass is 16.4. The summed E-state index contributed by atoms with van der Waals surface area (Å²) < 4.78 is 0. The molecule has 18 heavy (non-hydrogen) atoms. The van der Waals surface area contributed by atoms with Crippen LogP contribution in [0.1, 0.15) is 46.0 Å². The summed E-state index contributed by atoms with van der Waals surface area (Å²) in [4.78, 5) is 13.4. The molecule has 4 heteroatoms. The van der Waals surface area contributed by atoms with Gasteiger partial charge in [0, 0.05) is 24.7 Å². The molecule has 0 radical (unpaired) electrons. The van der Waals surface area contributed by atoms with E-state index < -0.39 is 5.97 Å². The number of nitrogens with zero attached hydrogens (tertiary/aromatic N) is 1. The number of carboxylic acid groups (broad SMARTS) is 1. The molecular formula is C14H26N2O2. The van der Waals surface area contributed by atoms with Crippen molar-refractivity contribution < 1.29 is 9.90 Å². The molecule has 3 atom stereocenters. The number of rotatable bonds is 6. The zero-order chi connectivity index (χ0) is 13.1. The van der Waals surface area contributed by atoms with Crippen LogP contribution in [-0.2, 0) is 4.79 Å². The summed E-state index contributed by atoms with van der Waals surface area (Å²) in [6.45, 7) is 5.73. The maximum Gasteiger partial charge on any atom is 0.307 e. The fourth-order valence-corrected chi connectivity index (χ4v) is 3.47. The van der Waals surface area contributed by atoms with E-state index in [4.69, 9.17) is 5.11 Å². The van der Waals surface area contributed by atoms with Crippen molar-refractivity contribution in [2.45, 2.75) is 64.1 Å². The lowest BCUT2D eigenvalue weighted by atomic mass is 9.97. The Kier molecular flexibility index (Phi) is 4.62. The second kappa shape index (κ2) is 6.02. The maximum atomic E-state index is 11.0. The number of fused-ring (bicyclic) bond motifs is 2. The Morgan fingerprint density at radius 3 is 2.50 bits per heavy atom. The molecule has 2 aliphatic heterocycles. The monoisotopic (exact) mass is 254 g/mol. The normalized spacial score (nSPS) is 32.7. The van der Waals surface area contributed by atoms with Crippen LogP contribution in [0.4, 0.5) is 0 Å². The SMILES string of the molecule is CCCN(CC(C)C(=O)O)C1CC2CCC(C1)N2. The zero-order valence-corrected chi connectivity index (χ0v) is 11.6. The third-order valence-electron chi connectivity index (χ3n) is 4.41. The molecule has 3 unspecified atom stereocenters. The Hall–Kier alpha value is -0.610. The maximum absolute atomic E-state index is 11.0. The van der Waals surface area contributed by atoms with E-state index in [1.54, 1.807) is 0 Å². The summed E-state index contributed by atoms with van der Waals surface area (Å²) in [6, 6.07) is 1.94. The molecule has 104 valence electrons. The van der Waals surface area contributed by atoms with Crippen molar-refractivity contribution in [1.82, 2.24) is 10.2 Å². The standard InChI is InChI=1S/C14H26N2O2/c1-3-6-16(9-10(2)14(17)18)13-7-11-4-5-12(8-13)15-11/h10-13,15H,3-9H2,1-2H3,(H,17,18). The lowest BCUT2D eigenvalue weighted by molar-refractivity contribution is -0.142. The van der Waals surface area contributed by atoms with Crippen LogP contribution in [0.25, 0.3) is 0 Å². The van der Waals surface area contributed by atoms with Crippen molar-refractivity contribution in [3.8, 4) is 0 Å². The summed E-state index contributed by atoms with van der Waals surface area (Å²) in [7, 11) is 0. The first-order chi connectivity index (χ1) is 8.60. The van der Waals surface area contributed by atoms with Gasteiger partial charge in [0.05, 0.1) is 5.92 Å². The fraction of sp³-hybridized carbons (Fsp3) is 0.929.